The maximum absolute atomic E-state index is 13.4. The van der Waals surface area contributed by atoms with E-state index in [0.717, 1.165) is 46.9 Å². The van der Waals surface area contributed by atoms with Crippen LogP contribution in [0.5, 0.6) is 0 Å². The molecule has 1 fully saturated rings. The van der Waals surface area contributed by atoms with E-state index >= 15 is 0 Å². The summed E-state index contributed by atoms with van der Waals surface area (Å²) in [4.78, 5) is 30.5. The van der Waals surface area contributed by atoms with Crippen LogP contribution in [0, 0.1) is 0 Å². The summed E-state index contributed by atoms with van der Waals surface area (Å²) < 4.78 is 26.6. The summed E-state index contributed by atoms with van der Waals surface area (Å²) in [7, 11) is -0.758. The maximum Gasteiger partial charge on any atom is 0.257 e. The van der Waals surface area contributed by atoms with Crippen molar-refractivity contribution in [2.24, 2.45) is 0 Å². The lowest BCUT2D eigenvalue weighted by molar-refractivity contribution is 0.102. The number of fused-ring (bicyclic) bond motifs is 1. The molecule has 0 saturated carbocycles. The molecule has 2 heterocycles. The number of carbonyl (C=O) groups is 1. The molecule has 8 nitrogen and oxygen atoms in total. The van der Waals surface area contributed by atoms with Crippen molar-refractivity contribution in [3.8, 4) is 0 Å². The Morgan fingerprint density at radius 1 is 1.06 bits per heavy atom. The first-order chi connectivity index (χ1) is 16.1. The first-order valence-corrected chi connectivity index (χ1v) is 12.8. The first-order valence-electron chi connectivity index (χ1n) is 11.4. The second kappa shape index (κ2) is 9.23. The van der Waals surface area contributed by atoms with Crippen LogP contribution in [0.1, 0.15) is 48.5 Å². The lowest BCUT2D eigenvalue weighted by Crippen LogP contribution is -2.25. The average Bonchev–Trinajstić information content (AvgIpc) is 3.33. The molecule has 1 aliphatic rings. The van der Waals surface area contributed by atoms with Crippen molar-refractivity contribution in [2.45, 2.75) is 37.5 Å². The molecule has 1 aromatic heterocycles. The topological polar surface area (TPSA) is 103 Å². The number of pyridine rings is 1. The van der Waals surface area contributed by atoms with Crippen molar-refractivity contribution >= 4 is 38.2 Å². The highest BCUT2D eigenvalue weighted by molar-refractivity contribution is 7.89. The molecule has 1 amide bonds. The second-order valence-corrected chi connectivity index (χ2v) is 11.3. The summed E-state index contributed by atoms with van der Waals surface area (Å²) in [6, 6.07) is 11.7. The van der Waals surface area contributed by atoms with Crippen LogP contribution >= 0.6 is 0 Å². The third-order valence-corrected chi connectivity index (χ3v) is 8.00. The lowest BCUT2D eigenvalue weighted by Gasteiger charge is -2.22. The normalized spacial score (nSPS) is 14.4. The molecule has 1 aliphatic heterocycles. The molecule has 2 N–H and O–H groups in total. The van der Waals surface area contributed by atoms with Gasteiger partial charge in [-0.05, 0) is 60.7 Å². The molecular weight excluding hydrogens is 452 g/mol. The minimum absolute atomic E-state index is 0.0729. The summed E-state index contributed by atoms with van der Waals surface area (Å²) >= 11 is 0. The highest BCUT2D eigenvalue weighted by Crippen LogP contribution is 2.30. The molecule has 0 bridgehead atoms. The number of amides is 1. The number of hydrogen-bond acceptors (Lipinski definition) is 5. The van der Waals surface area contributed by atoms with Crippen LogP contribution in [0.25, 0.3) is 10.9 Å². The fourth-order valence-electron chi connectivity index (χ4n) is 4.34. The number of carbonyl (C=O) groups excluding carboxylic acids is 1. The molecule has 3 aromatic rings. The molecule has 180 valence electrons. The standard InChI is InChI=1S/C25H30N4O4S/c1-16(2)19-15-24(30)27-22-9-7-17(13-20(19)22)26-25(31)21-14-18(34(32,33)28(3)4)8-10-23(21)29-11-5-6-12-29/h7-10,13-16H,5-6,11-12H2,1-4H3,(H,26,31)(H,27,30). The predicted octanol–water partition coefficient (Wildman–Crippen LogP) is 3.75. The maximum atomic E-state index is 13.4. The Kier molecular flexibility index (Phi) is 6.51. The smallest absolute Gasteiger partial charge is 0.257 e. The Balaban J connectivity index is 1.76. The molecule has 0 aliphatic carbocycles. The van der Waals surface area contributed by atoms with E-state index in [9.17, 15) is 18.0 Å². The molecule has 0 radical (unpaired) electrons. The summed E-state index contributed by atoms with van der Waals surface area (Å²) in [6.07, 6.45) is 2.05. The van der Waals surface area contributed by atoms with E-state index in [1.165, 1.54) is 20.2 Å². The zero-order valence-electron chi connectivity index (χ0n) is 19.9. The summed E-state index contributed by atoms with van der Waals surface area (Å²) in [5, 5.41) is 3.79. The van der Waals surface area contributed by atoms with Gasteiger partial charge < -0.3 is 15.2 Å². The van der Waals surface area contributed by atoms with Crippen molar-refractivity contribution in [2.75, 3.05) is 37.4 Å². The van der Waals surface area contributed by atoms with Gasteiger partial charge >= 0.3 is 0 Å². The van der Waals surface area contributed by atoms with Gasteiger partial charge in [0.1, 0.15) is 0 Å². The van der Waals surface area contributed by atoms with E-state index < -0.39 is 10.0 Å². The molecular formula is C25H30N4O4S. The van der Waals surface area contributed by atoms with Crippen LogP contribution in [-0.4, -0.2) is 50.8 Å². The van der Waals surface area contributed by atoms with E-state index in [4.69, 9.17) is 0 Å². The van der Waals surface area contributed by atoms with Gasteiger partial charge in [0, 0.05) is 55.5 Å². The Morgan fingerprint density at radius 3 is 2.41 bits per heavy atom. The van der Waals surface area contributed by atoms with E-state index in [2.05, 4.69) is 15.2 Å². The van der Waals surface area contributed by atoms with Gasteiger partial charge in [-0.15, -0.1) is 0 Å². The number of H-pyrrole nitrogens is 1. The van der Waals surface area contributed by atoms with Gasteiger partial charge in [0.2, 0.25) is 15.6 Å². The largest absolute Gasteiger partial charge is 0.371 e. The minimum atomic E-state index is -3.69. The number of hydrogen-bond donors (Lipinski definition) is 2. The van der Waals surface area contributed by atoms with Crippen molar-refractivity contribution in [1.29, 1.82) is 0 Å². The van der Waals surface area contributed by atoms with Gasteiger partial charge in [0.25, 0.3) is 5.91 Å². The quantitative estimate of drug-likeness (QED) is 0.557. The molecule has 2 aromatic carbocycles. The van der Waals surface area contributed by atoms with Gasteiger partial charge in [-0.3, -0.25) is 9.59 Å². The zero-order valence-corrected chi connectivity index (χ0v) is 20.7. The fraction of sp³-hybridized carbons (Fsp3) is 0.360. The number of nitrogens with one attached hydrogen (secondary N) is 2. The number of nitrogens with zero attached hydrogens (tertiary/aromatic N) is 2. The van der Waals surface area contributed by atoms with E-state index in [-0.39, 0.29) is 22.3 Å². The molecule has 4 rings (SSSR count). The third-order valence-electron chi connectivity index (χ3n) is 6.19. The summed E-state index contributed by atoms with van der Waals surface area (Å²) in [6.45, 7) is 5.67. The van der Waals surface area contributed by atoms with Crippen LogP contribution in [0.15, 0.2) is 52.2 Å². The van der Waals surface area contributed by atoms with Crippen molar-refractivity contribution in [3.05, 3.63) is 63.9 Å². The van der Waals surface area contributed by atoms with Gasteiger partial charge in [0.15, 0.2) is 0 Å². The first kappa shape index (κ1) is 24.0. The zero-order chi connectivity index (χ0) is 24.6. The number of benzene rings is 2. The lowest BCUT2D eigenvalue weighted by atomic mass is 9.98. The van der Waals surface area contributed by atoms with E-state index in [1.54, 1.807) is 30.3 Å². The van der Waals surface area contributed by atoms with Crippen molar-refractivity contribution < 1.29 is 13.2 Å². The number of anilines is 2. The summed E-state index contributed by atoms with van der Waals surface area (Å²) in [5.41, 5.74) is 3.04. The average molecular weight is 483 g/mol. The van der Waals surface area contributed by atoms with Crippen LogP contribution in [0.3, 0.4) is 0 Å². The molecule has 0 atom stereocenters. The van der Waals surface area contributed by atoms with Gasteiger partial charge in [0.05, 0.1) is 10.5 Å². The molecule has 0 spiro atoms. The number of sulfonamides is 1. The Labute approximate surface area is 199 Å². The monoisotopic (exact) mass is 482 g/mol. The Bertz CT molecular complexity index is 1400. The number of aromatic nitrogens is 1. The second-order valence-electron chi connectivity index (χ2n) is 9.12. The Hall–Kier alpha value is -3.17. The molecule has 0 unspecified atom stereocenters. The number of aromatic amines is 1. The number of rotatable bonds is 6. The van der Waals surface area contributed by atoms with Crippen molar-refractivity contribution in [3.63, 3.8) is 0 Å². The molecule has 9 heteroatoms. The fourth-order valence-corrected chi connectivity index (χ4v) is 5.26. The SMILES string of the molecule is CC(C)c1cc(=O)[nH]c2ccc(NC(=O)c3cc(S(=O)(=O)N(C)C)ccc3N3CCCC3)cc12. The highest BCUT2D eigenvalue weighted by Gasteiger charge is 2.25. The predicted molar refractivity (Wildman–Crippen MR) is 135 cm³/mol. The summed E-state index contributed by atoms with van der Waals surface area (Å²) in [5.74, 6) is -0.252. The van der Waals surface area contributed by atoms with Crippen LogP contribution in [0.4, 0.5) is 11.4 Å². The van der Waals surface area contributed by atoms with Crippen molar-refractivity contribution in [1.82, 2.24) is 9.29 Å². The molecule has 34 heavy (non-hydrogen) atoms. The van der Waals surface area contributed by atoms with Gasteiger partial charge in [-0.2, -0.15) is 0 Å². The van der Waals surface area contributed by atoms with Crippen LogP contribution in [0.2, 0.25) is 0 Å². The van der Waals surface area contributed by atoms with Gasteiger partial charge in [-0.25, -0.2) is 12.7 Å². The highest BCUT2D eigenvalue weighted by atomic mass is 32.2. The molecule has 1 saturated heterocycles. The van der Waals surface area contributed by atoms with E-state index in [1.807, 2.05) is 19.9 Å². The van der Waals surface area contributed by atoms with E-state index in [0.29, 0.717) is 16.8 Å². The van der Waals surface area contributed by atoms with Crippen LogP contribution in [-0.2, 0) is 10.0 Å². The Morgan fingerprint density at radius 2 is 1.76 bits per heavy atom. The third kappa shape index (κ3) is 4.58. The minimum Gasteiger partial charge on any atom is -0.371 e. The van der Waals surface area contributed by atoms with Crippen LogP contribution < -0.4 is 15.8 Å². The van der Waals surface area contributed by atoms with Gasteiger partial charge in [-0.1, -0.05) is 13.8 Å².